The molecule has 1 atom stereocenters. The SMILES string of the molecule is CCCNC(=O)CN(CCC)CC1CCCNC1.Cl. The molecule has 0 spiro atoms. The van der Waals surface area contributed by atoms with Gasteiger partial charge in [-0.3, -0.25) is 9.69 Å². The topological polar surface area (TPSA) is 44.4 Å². The van der Waals surface area contributed by atoms with Gasteiger partial charge in [0, 0.05) is 13.1 Å². The predicted molar refractivity (Wildman–Crippen MR) is 82.9 cm³/mol. The van der Waals surface area contributed by atoms with Crippen molar-refractivity contribution in [2.75, 3.05) is 39.3 Å². The molecule has 0 bridgehead atoms. The standard InChI is InChI=1S/C14H29N3O.ClH/c1-3-7-16-14(18)12-17(9-4-2)11-13-6-5-8-15-10-13;/h13,15H,3-12H2,1-2H3,(H,16,18);1H. The normalized spacial score (nSPS) is 19.0. The van der Waals surface area contributed by atoms with Crippen LogP contribution < -0.4 is 10.6 Å². The molecule has 0 aromatic rings. The molecule has 1 rings (SSSR count). The Hall–Kier alpha value is -0.320. The molecule has 0 aromatic carbocycles. The van der Waals surface area contributed by atoms with E-state index in [1.165, 1.54) is 12.8 Å². The number of hydrogen-bond donors (Lipinski definition) is 2. The first-order valence-electron chi connectivity index (χ1n) is 7.46. The highest BCUT2D eigenvalue weighted by Crippen LogP contribution is 2.11. The number of rotatable bonds is 8. The molecule has 0 radical (unpaired) electrons. The summed E-state index contributed by atoms with van der Waals surface area (Å²) in [5.41, 5.74) is 0. The van der Waals surface area contributed by atoms with E-state index in [4.69, 9.17) is 0 Å². The third-order valence-corrected chi connectivity index (χ3v) is 3.39. The predicted octanol–water partition coefficient (Wildman–Crippen LogP) is 1.65. The lowest BCUT2D eigenvalue weighted by Crippen LogP contribution is -2.43. The van der Waals surface area contributed by atoms with Crippen LogP contribution in [0, 0.1) is 5.92 Å². The molecule has 1 aliphatic heterocycles. The highest BCUT2D eigenvalue weighted by molar-refractivity contribution is 5.85. The lowest BCUT2D eigenvalue weighted by molar-refractivity contribution is -0.122. The number of nitrogens with zero attached hydrogens (tertiary/aromatic N) is 1. The maximum Gasteiger partial charge on any atom is 0.234 e. The minimum Gasteiger partial charge on any atom is -0.355 e. The lowest BCUT2D eigenvalue weighted by atomic mass is 9.99. The van der Waals surface area contributed by atoms with Gasteiger partial charge in [0.2, 0.25) is 5.91 Å². The van der Waals surface area contributed by atoms with Crippen molar-refractivity contribution in [1.29, 1.82) is 0 Å². The number of hydrogen-bond acceptors (Lipinski definition) is 3. The quantitative estimate of drug-likeness (QED) is 0.715. The minimum atomic E-state index is 0. The highest BCUT2D eigenvalue weighted by Gasteiger charge is 2.18. The second-order valence-corrected chi connectivity index (χ2v) is 5.30. The number of carbonyl (C=O) groups excluding carboxylic acids is 1. The summed E-state index contributed by atoms with van der Waals surface area (Å²) in [5, 5.41) is 6.40. The van der Waals surface area contributed by atoms with Gasteiger partial charge in [0.1, 0.15) is 0 Å². The van der Waals surface area contributed by atoms with Crippen LogP contribution in [0.2, 0.25) is 0 Å². The lowest BCUT2D eigenvalue weighted by Gasteiger charge is -2.29. The first-order valence-corrected chi connectivity index (χ1v) is 7.46. The summed E-state index contributed by atoms with van der Waals surface area (Å²) in [5.74, 6) is 0.887. The molecule has 4 nitrogen and oxygen atoms in total. The number of piperidine rings is 1. The summed E-state index contributed by atoms with van der Waals surface area (Å²) < 4.78 is 0. The van der Waals surface area contributed by atoms with E-state index in [2.05, 4.69) is 29.4 Å². The van der Waals surface area contributed by atoms with Crippen LogP contribution in [0.1, 0.15) is 39.5 Å². The average Bonchev–Trinajstić information content (AvgIpc) is 2.38. The number of nitrogens with one attached hydrogen (secondary N) is 2. The Balaban J connectivity index is 0.00000324. The molecule has 2 N–H and O–H groups in total. The van der Waals surface area contributed by atoms with Gasteiger partial charge in [-0.2, -0.15) is 0 Å². The van der Waals surface area contributed by atoms with Gasteiger partial charge in [-0.25, -0.2) is 0 Å². The van der Waals surface area contributed by atoms with Gasteiger partial charge in [0.25, 0.3) is 0 Å². The van der Waals surface area contributed by atoms with E-state index in [1.807, 2.05) is 0 Å². The molecule has 0 aromatic heterocycles. The van der Waals surface area contributed by atoms with Crippen molar-refractivity contribution in [3.63, 3.8) is 0 Å². The Bertz CT molecular complexity index is 233. The molecule has 5 heteroatoms. The fourth-order valence-corrected chi connectivity index (χ4v) is 2.52. The summed E-state index contributed by atoms with van der Waals surface area (Å²) in [6, 6.07) is 0. The van der Waals surface area contributed by atoms with Gasteiger partial charge in [-0.15, -0.1) is 12.4 Å². The fraction of sp³-hybridized carbons (Fsp3) is 0.929. The van der Waals surface area contributed by atoms with Crippen molar-refractivity contribution in [2.45, 2.75) is 39.5 Å². The van der Waals surface area contributed by atoms with Crippen molar-refractivity contribution in [3.05, 3.63) is 0 Å². The summed E-state index contributed by atoms with van der Waals surface area (Å²) >= 11 is 0. The largest absolute Gasteiger partial charge is 0.355 e. The first-order chi connectivity index (χ1) is 8.76. The first kappa shape index (κ1) is 18.7. The second kappa shape index (κ2) is 11.5. The molecule has 0 aliphatic carbocycles. The van der Waals surface area contributed by atoms with Crippen molar-refractivity contribution >= 4 is 18.3 Å². The van der Waals surface area contributed by atoms with Crippen LogP contribution in [-0.4, -0.2) is 50.1 Å². The second-order valence-electron chi connectivity index (χ2n) is 5.30. The summed E-state index contributed by atoms with van der Waals surface area (Å²) in [7, 11) is 0. The molecule has 114 valence electrons. The van der Waals surface area contributed by atoms with Gasteiger partial charge in [0.15, 0.2) is 0 Å². The van der Waals surface area contributed by atoms with E-state index in [1.54, 1.807) is 0 Å². The van der Waals surface area contributed by atoms with Crippen LogP contribution >= 0.6 is 12.4 Å². The number of carbonyl (C=O) groups is 1. The minimum absolute atomic E-state index is 0. The maximum atomic E-state index is 11.8. The third-order valence-electron chi connectivity index (χ3n) is 3.39. The Kier molecular flexibility index (Phi) is 11.3. The zero-order valence-electron chi connectivity index (χ0n) is 12.4. The summed E-state index contributed by atoms with van der Waals surface area (Å²) in [6.07, 6.45) is 4.68. The van der Waals surface area contributed by atoms with Crippen LogP contribution in [0.15, 0.2) is 0 Å². The van der Waals surface area contributed by atoms with Crippen LogP contribution in [-0.2, 0) is 4.79 Å². The van der Waals surface area contributed by atoms with Crippen molar-refractivity contribution in [1.82, 2.24) is 15.5 Å². The summed E-state index contributed by atoms with van der Waals surface area (Å²) in [4.78, 5) is 14.1. The fourth-order valence-electron chi connectivity index (χ4n) is 2.52. The van der Waals surface area contributed by atoms with Crippen LogP contribution in [0.25, 0.3) is 0 Å². The smallest absolute Gasteiger partial charge is 0.234 e. The van der Waals surface area contributed by atoms with Gasteiger partial charge < -0.3 is 10.6 Å². The average molecular weight is 292 g/mol. The zero-order valence-corrected chi connectivity index (χ0v) is 13.2. The van der Waals surface area contributed by atoms with E-state index < -0.39 is 0 Å². The molecule has 1 heterocycles. The van der Waals surface area contributed by atoms with E-state index in [9.17, 15) is 4.79 Å². The summed E-state index contributed by atoms with van der Waals surface area (Å²) in [6.45, 7) is 9.95. The molecule has 0 saturated carbocycles. The van der Waals surface area contributed by atoms with Crippen molar-refractivity contribution < 1.29 is 4.79 Å². The maximum absolute atomic E-state index is 11.8. The number of halogens is 1. The number of amides is 1. The van der Waals surface area contributed by atoms with Crippen LogP contribution in [0.5, 0.6) is 0 Å². The molecule has 1 fully saturated rings. The molecule has 1 amide bonds. The van der Waals surface area contributed by atoms with Crippen molar-refractivity contribution in [3.8, 4) is 0 Å². The molecule has 1 unspecified atom stereocenters. The van der Waals surface area contributed by atoms with E-state index in [-0.39, 0.29) is 18.3 Å². The Morgan fingerprint density at radius 2 is 2.16 bits per heavy atom. The molecular weight excluding hydrogens is 262 g/mol. The van der Waals surface area contributed by atoms with E-state index in [0.717, 1.165) is 45.6 Å². The highest BCUT2D eigenvalue weighted by atomic mass is 35.5. The van der Waals surface area contributed by atoms with Gasteiger partial charge >= 0.3 is 0 Å². The Morgan fingerprint density at radius 1 is 1.37 bits per heavy atom. The van der Waals surface area contributed by atoms with Crippen LogP contribution in [0.4, 0.5) is 0 Å². The molecule has 19 heavy (non-hydrogen) atoms. The third kappa shape index (κ3) is 8.45. The van der Waals surface area contributed by atoms with Crippen molar-refractivity contribution in [2.24, 2.45) is 5.92 Å². The van der Waals surface area contributed by atoms with Crippen LogP contribution in [0.3, 0.4) is 0 Å². The van der Waals surface area contributed by atoms with Gasteiger partial charge in [-0.1, -0.05) is 13.8 Å². The zero-order chi connectivity index (χ0) is 13.2. The molecular formula is C14H30ClN3O. The van der Waals surface area contributed by atoms with Gasteiger partial charge in [0.05, 0.1) is 6.54 Å². The molecule has 1 aliphatic rings. The van der Waals surface area contributed by atoms with Gasteiger partial charge in [-0.05, 0) is 51.2 Å². The Labute approximate surface area is 124 Å². The molecule has 1 saturated heterocycles. The van der Waals surface area contributed by atoms with E-state index in [0.29, 0.717) is 12.5 Å². The van der Waals surface area contributed by atoms with E-state index >= 15 is 0 Å². The monoisotopic (exact) mass is 291 g/mol. The Morgan fingerprint density at radius 3 is 2.74 bits per heavy atom.